The summed E-state index contributed by atoms with van der Waals surface area (Å²) in [7, 11) is 3.89. The highest BCUT2D eigenvalue weighted by atomic mass is 16.5. The van der Waals surface area contributed by atoms with Crippen molar-refractivity contribution in [2.45, 2.75) is 32.4 Å². The van der Waals surface area contributed by atoms with Gasteiger partial charge in [-0.25, -0.2) is 9.59 Å². The largest absolute Gasteiger partial charge is 0.490 e. The Morgan fingerprint density at radius 2 is 1.83 bits per heavy atom. The van der Waals surface area contributed by atoms with Crippen molar-refractivity contribution >= 4 is 23.5 Å². The minimum atomic E-state index is -1.22. The number of nitrogens with two attached hydrogens (primary N) is 1. The summed E-state index contributed by atoms with van der Waals surface area (Å²) in [4.78, 5) is 41.4. The van der Waals surface area contributed by atoms with E-state index in [1.807, 2.05) is 32.8 Å². The molecule has 2 atom stereocenters. The van der Waals surface area contributed by atoms with Crippen molar-refractivity contribution in [2.24, 2.45) is 5.73 Å². The molecule has 0 amide bonds. The lowest BCUT2D eigenvalue weighted by Gasteiger charge is -2.23. The second kappa shape index (κ2) is 14.4. The lowest BCUT2D eigenvalue weighted by atomic mass is 10.0. The van der Waals surface area contributed by atoms with Gasteiger partial charge in [-0.3, -0.25) is 15.2 Å². The van der Waals surface area contributed by atoms with Gasteiger partial charge in [-0.2, -0.15) is 4.68 Å². The molecule has 46 heavy (non-hydrogen) atoms. The highest BCUT2D eigenvalue weighted by molar-refractivity contribution is 5.97. The maximum Gasteiger partial charge on any atom is 0.348 e. The zero-order chi connectivity index (χ0) is 33.5. The van der Waals surface area contributed by atoms with E-state index in [9.17, 15) is 24.6 Å². The summed E-state index contributed by atoms with van der Waals surface area (Å²) in [5.41, 5.74) is 6.62. The molecule has 0 aliphatic heterocycles. The average molecular weight is 632 g/mol. The molecule has 0 radical (unpaired) electrons. The normalized spacial score (nSPS) is 12.4. The first-order valence-electron chi connectivity index (χ1n) is 14.4. The van der Waals surface area contributed by atoms with Crippen molar-refractivity contribution in [1.82, 2.24) is 19.7 Å². The lowest BCUT2D eigenvalue weighted by Crippen LogP contribution is -2.28. The molecule has 1 heterocycles. The molecule has 7 N–H and O–H groups in total. The van der Waals surface area contributed by atoms with Gasteiger partial charge in [-0.05, 0) is 81.5 Å². The monoisotopic (exact) mass is 631 g/mol. The first-order valence-corrected chi connectivity index (χ1v) is 14.4. The van der Waals surface area contributed by atoms with E-state index in [0.717, 1.165) is 4.68 Å². The Bertz CT molecular complexity index is 1800. The van der Waals surface area contributed by atoms with E-state index in [4.69, 9.17) is 20.6 Å². The van der Waals surface area contributed by atoms with Gasteiger partial charge in [0.25, 0.3) is 0 Å². The average Bonchev–Trinajstić information content (AvgIpc) is 3.37. The van der Waals surface area contributed by atoms with Crippen molar-refractivity contribution in [3.63, 3.8) is 0 Å². The molecule has 4 rings (SSSR count). The van der Waals surface area contributed by atoms with Gasteiger partial charge >= 0.3 is 17.6 Å². The standard InChI is InChI=1S/C32H37N7O7/c1-5-45-26-15-19(10-13-25(26)46-18(2)17-38(3)4)28(35-21-11-12-22(29(33)34)20(14-21)16-27(40)41)30-36-32(44)39(37-30)24-9-7-6-8-23(24)31(42)43/h6-15,18,28,35H,5,16-17H2,1-4H3,(H3,33,34)(H,40,41)(H,42,43)(H,36,37,44). The van der Waals surface area contributed by atoms with Gasteiger partial charge in [0.1, 0.15) is 18.0 Å². The molecule has 14 nitrogen and oxygen atoms in total. The van der Waals surface area contributed by atoms with E-state index in [1.54, 1.807) is 48.5 Å². The highest BCUT2D eigenvalue weighted by Crippen LogP contribution is 2.34. The number of ether oxygens (including phenoxy) is 2. The number of amidine groups is 1. The van der Waals surface area contributed by atoms with Gasteiger partial charge in [-0.1, -0.05) is 18.2 Å². The topological polar surface area (TPSA) is 209 Å². The van der Waals surface area contributed by atoms with Crippen molar-refractivity contribution in [3.8, 4) is 17.2 Å². The smallest absolute Gasteiger partial charge is 0.348 e. The number of hydrogen-bond donors (Lipinski definition) is 6. The van der Waals surface area contributed by atoms with Gasteiger partial charge < -0.3 is 35.6 Å². The summed E-state index contributed by atoms with van der Waals surface area (Å²) in [5, 5.41) is 34.8. The number of anilines is 1. The minimum Gasteiger partial charge on any atom is -0.490 e. The predicted octanol–water partition coefficient (Wildman–Crippen LogP) is 3.10. The Balaban J connectivity index is 1.85. The molecule has 0 aliphatic rings. The number of nitrogens with zero attached hydrogens (tertiary/aromatic N) is 3. The third-order valence-corrected chi connectivity index (χ3v) is 6.87. The van der Waals surface area contributed by atoms with Crippen molar-refractivity contribution in [1.29, 1.82) is 5.41 Å². The summed E-state index contributed by atoms with van der Waals surface area (Å²) >= 11 is 0. The number of likely N-dealkylation sites (N-methyl/N-ethyl adjacent to an activating group) is 1. The number of benzene rings is 3. The van der Waals surface area contributed by atoms with E-state index in [-0.39, 0.29) is 41.0 Å². The van der Waals surface area contributed by atoms with Crippen LogP contribution < -0.4 is 26.2 Å². The quantitative estimate of drug-likeness (QED) is 0.0829. The maximum absolute atomic E-state index is 13.2. The lowest BCUT2D eigenvalue weighted by molar-refractivity contribution is -0.136. The summed E-state index contributed by atoms with van der Waals surface area (Å²) in [5.74, 6) is -1.50. The van der Waals surface area contributed by atoms with Gasteiger partial charge in [0.2, 0.25) is 0 Å². The van der Waals surface area contributed by atoms with Crippen LogP contribution in [-0.2, 0) is 11.2 Å². The maximum atomic E-state index is 13.2. The van der Waals surface area contributed by atoms with Crippen LogP contribution >= 0.6 is 0 Å². The third-order valence-electron chi connectivity index (χ3n) is 6.87. The van der Waals surface area contributed by atoms with E-state index in [1.165, 1.54) is 12.1 Å². The SMILES string of the molecule is CCOc1cc(C(Nc2ccc(C(=N)N)c(CC(=O)O)c2)c2nn(-c3ccccc3C(=O)O)c(=O)[nH]2)ccc1OC(C)CN(C)C. The first-order chi connectivity index (χ1) is 21.9. The molecule has 1 aromatic heterocycles. The predicted molar refractivity (Wildman–Crippen MR) is 172 cm³/mol. The van der Waals surface area contributed by atoms with Crippen molar-refractivity contribution < 1.29 is 29.3 Å². The fourth-order valence-electron chi connectivity index (χ4n) is 5.04. The van der Waals surface area contributed by atoms with Gasteiger partial charge in [0.05, 0.1) is 24.3 Å². The van der Waals surface area contributed by atoms with Crippen LogP contribution in [-0.4, -0.2) is 81.0 Å². The van der Waals surface area contributed by atoms with Crippen LogP contribution in [0.4, 0.5) is 5.69 Å². The summed E-state index contributed by atoms with van der Waals surface area (Å²) in [6.45, 7) is 4.81. The van der Waals surface area contributed by atoms with E-state index in [0.29, 0.717) is 41.5 Å². The van der Waals surface area contributed by atoms with Crippen LogP contribution in [0.2, 0.25) is 0 Å². The zero-order valence-electron chi connectivity index (χ0n) is 25.9. The summed E-state index contributed by atoms with van der Waals surface area (Å²) < 4.78 is 13.1. The second-order valence-electron chi connectivity index (χ2n) is 10.8. The zero-order valence-corrected chi connectivity index (χ0v) is 25.9. The molecule has 0 saturated carbocycles. The van der Waals surface area contributed by atoms with E-state index in [2.05, 4.69) is 15.4 Å². The second-order valence-corrected chi connectivity index (χ2v) is 10.8. The number of para-hydroxylation sites is 1. The molecule has 4 aromatic rings. The minimum absolute atomic E-state index is 0.0736. The highest BCUT2D eigenvalue weighted by Gasteiger charge is 2.24. The third kappa shape index (κ3) is 7.90. The molecule has 0 aliphatic carbocycles. The summed E-state index contributed by atoms with van der Waals surface area (Å²) in [6, 6.07) is 15.2. The summed E-state index contributed by atoms with van der Waals surface area (Å²) in [6.07, 6.45) is -0.527. The number of carbonyl (C=O) groups is 2. The number of carboxylic acids is 2. The molecule has 0 bridgehead atoms. The number of rotatable bonds is 15. The number of aromatic nitrogens is 3. The number of aromatic amines is 1. The molecule has 0 spiro atoms. The van der Waals surface area contributed by atoms with Crippen LogP contribution in [0.1, 0.15) is 52.8 Å². The first kappa shape index (κ1) is 33.3. The van der Waals surface area contributed by atoms with Gasteiger partial charge in [-0.15, -0.1) is 5.10 Å². The van der Waals surface area contributed by atoms with Crippen LogP contribution in [0.15, 0.2) is 65.5 Å². The molecular weight excluding hydrogens is 594 g/mol. The number of nitrogen functional groups attached to an aromatic ring is 1. The Morgan fingerprint density at radius 1 is 1.09 bits per heavy atom. The van der Waals surface area contributed by atoms with Crippen LogP contribution in [0.3, 0.4) is 0 Å². The Hall–Kier alpha value is -5.63. The van der Waals surface area contributed by atoms with Gasteiger partial charge in [0, 0.05) is 17.8 Å². The molecule has 14 heteroatoms. The van der Waals surface area contributed by atoms with Crippen molar-refractivity contribution in [2.75, 3.05) is 32.6 Å². The van der Waals surface area contributed by atoms with E-state index < -0.39 is 23.7 Å². The van der Waals surface area contributed by atoms with Gasteiger partial charge in [0.15, 0.2) is 17.3 Å². The molecular formula is C32H37N7O7. The van der Waals surface area contributed by atoms with Crippen molar-refractivity contribution in [3.05, 3.63) is 99.2 Å². The number of aromatic carboxylic acids is 1. The molecule has 242 valence electrons. The number of carboxylic acid groups (broad SMARTS) is 2. The van der Waals surface area contributed by atoms with E-state index >= 15 is 0 Å². The van der Waals surface area contributed by atoms with Crippen LogP contribution in [0.5, 0.6) is 11.5 Å². The number of hydrogen-bond acceptors (Lipinski definition) is 9. The Kier molecular flexibility index (Phi) is 10.4. The fourth-order valence-corrected chi connectivity index (χ4v) is 5.04. The van der Waals surface area contributed by atoms with Crippen LogP contribution in [0.25, 0.3) is 5.69 Å². The molecule has 3 aromatic carbocycles. The number of H-pyrrole nitrogens is 1. The Labute approximate surface area is 264 Å². The molecule has 0 saturated heterocycles. The Morgan fingerprint density at radius 3 is 2.48 bits per heavy atom. The number of nitrogens with one attached hydrogen (secondary N) is 3. The molecule has 0 fully saturated rings. The number of aliphatic carboxylic acids is 1. The van der Waals surface area contributed by atoms with Crippen LogP contribution in [0, 0.1) is 5.41 Å². The fraction of sp³-hybridized carbons (Fsp3) is 0.281. The molecule has 2 unspecified atom stereocenters.